The molecule has 1 aliphatic rings. The van der Waals surface area contributed by atoms with E-state index in [9.17, 15) is 9.18 Å². The molecule has 0 spiro atoms. The molecule has 0 aromatic heterocycles. The minimum absolute atomic E-state index is 0.256. The van der Waals surface area contributed by atoms with Gasteiger partial charge in [0.25, 0.3) is 5.91 Å². The molecule has 4 heteroatoms. The van der Waals surface area contributed by atoms with Crippen molar-refractivity contribution in [2.45, 2.75) is 0 Å². The molecular weight excluding hydrogens is 255 g/mol. The lowest BCUT2D eigenvalue weighted by Gasteiger charge is -1.98. The van der Waals surface area contributed by atoms with Crippen LogP contribution in [0.2, 0.25) is 0 Å². The zero-order valence-corrected chi connectivity index (χ0v) is 10.5. The van der Waals surface area contributed by atoms with Crippen molar-refractivity contribution in [1.82, 2.24) is 5.32 Å². The molecule has 3 nitrogen and oxygen atoms in total. The van der Waals surface area contributed by atoms with Gasteiger partial charge in [-0.3, -0.25) is 4.79 Å². The van der Waals surface area contributed by atoms with Crippen molar-refractivity contribution in [3.8, 4) is 0 Å². The maximum Gasteiger partial charge on any atom is 0.275 e. The molecular formula is C16H11FN2O. The summed E-state index contributed by atoms with van der Waals surface area (Å²) in [6.45, 7) is 0. The van der Waals surface area contributed by atoms with E-state index in [1.807, 2.05) is 30.3 Å². The molecule has 1 heterocycles. The van der Waals surface area contributed by atoms with Gasteiger partial charge in [-0.25, -0.2) is 9.38 Å². The molecule has 20 heavy (non-hydrogen) atoms. The number of hydrogen-bond acceptors (Lipinski definition) is 2. The second-order valence-electron chi connectivity index (χ2n) is 4.36. The normalized spacial score (nSPS) is 16.1. The summed E-state index contributed by atoms with van der Waals surface area (Å²) in [5.41, 5.74) is 1.90. The van der Waals surface area contributed by atoms with Crippen molar-refractivity contribution >= 4 is 17.8 Å². The van der Waals surface area contributed by atoms with Crippen LogP contribution in [-0.4, -0.2) is 11.7 Å². The van der Waals surface area contributed by atoms with E-state index in [0.29, 0.717) is 11.5 Å². The number of rotatable bonds is 2. The minimum atomic E-state index is -0.309. The second-order valence-corrected chi connectivity index (χ2v) is 4.36. The fourth-order valence-corrected chi connectivity index (χ4v) is 1.92. The van der Waals surface area contributed by atoms with Gasteiger partial charge in [-0.15, -0.1) is 0 Å². The third-order valence-corrected chi connectivity index (χ3v) is 2.92. The average molecular weight is 266 g/mol. The van der Waals surface area contributed by atoms with E-state index >= 15 is 0 Å². The summed E-state index contributed by atoms with van der Waals surface area (Å²) in [6, 6.07) is 15.3. The van der Waals surface area contributed by atoms with Crippen LogP contribution in [-0.2, 0) is 4.79 Å². The van der Waals surface area contributed by atoms with Gasteiger partial charge in [0.05, 0.1) is 0 Å². The Morgan fingerprint density at radius 2 is 1.70 bits per heavy atom. The fourth-order valence-electron chi connectivity index (χ4n) is 1.92. The molecule has 0 unspecified atom stereocenters. The summed E-state index contributed by atoms with van der Waals surface area (Å²) in [4.78, 5) is 16.1. The smallest absolute Gasteiger partial charge is 0.275 e. The van der Waals surface area contributed by atoms with Crippen LogP contribution in [0.1, 0.15) is 11.1 Å². The van der Waals surface area contributed by atoms with E-state index in [2.05, 4.69) is 10.3 Å². The summed E-state index contributed by atoms with van der Waals surface area (Å²) < 4.78 is 12.8. The summed E-state index contributed by atoms with van der Waals surface area (Å²) in [5.74, 6) is -0.0337. The van der Waals surface area contributed by atoms with Gasteiger partial charge in [-0.05, 0) is 23.8 Å². The standard InChI is InChI=1S/C16H11FN2O/c17-13-8-6-11(7-9-13)10-14-16(20)19-15(18-14)12-4-2-1-3-5-12/h1-10H,(H,18,19,20)/b14-10+. The quantitative estimate of drug-likeness (QED) is 0.834. The van der Waals surface area contributed by atoms with Gasteiger partial charge in [0.15, 0.2) is 0 Å². The number of benzene rings is 2. The molecule has 3 rings (SSSR count). The first kappa shape index (κ1) is 12.3. The van der Waals surface area contributed by atoms with E-state index in [4.69, 9.17) is 0 Å². The molecule has 1 N–H and O–H groups in total. The Morgan fingerprint density at radius 1 is 1.00 bits per heavy atom. The van der Waals surface area contributed by atoms with Crippen molar-refractivity contribution in [2.75, 3.05) is 0 Å². The molecule has 0 radical (unpaired) electrons. The Bertz CT molecular complexity index is 703. The van der Waals surface area contributed by atoms with Crippen LogP contribution >= 0.6 is 0 Å². The van der Waals surface area contributed by atoms with Crippen molar-refractivity contribution in [3.05, 3.63) is 77.2 Å². The van der Waals surface area contributed by atoms with Gasteiger partial charge >= 0.3 is 0 Å². The first-order valence-corrected chi connectivity index (χ1v) is 6.15. The first-order valence-electron chi connectivity index (χ1n) is 6.15. The van der Waals surface area contributed by atoms with Crippen LogP contribution in [0.4, 0.5) is 4.39 Å². The largest absolute Gasteiger partial charge is 0.305 e. The summed E-state index contributed by atoms with van der Waals surface area (Å²) in [6.07, 6.45) is 1.63. The molecule has 0 aliphatic carbocycles. The number of nitrogens with zero attached hydrogens (tertiary/aromatic N) is 1. The molecule has 0 fully saturated rings. The lowest BCUT2D eigenvalue weighted by Crippen LogP contribution is -2.24. The Hall–Kier alpha value is -2.75. The van der Waals surface area contributed by atoms with Gasteiger partial charge in [0.2, 0.25) is 0 Å². The van der Waals surface area contributed by atoms with E-state index in [1.165, 1.54) is 12.1 Å². The van der Waals surface area contributed by atoms with Gasteiger partial charge in [-0.1, -0.05) is 42.5 Å². The SMILES string of the molecule is O=C1NC(c2ccccc2)=N/C1=C/c1ccc(F)cc1. The second kappa shape index (κ2) is 5.09. The fraction of sp³-hybridized carbons (Fsp3) is 0. The molecule has 0 saturated heterocycles. The van der Waals surface area contributed by atoms with Gasteiger partial charge < -0.3 is 5.32 Å². The van der Waals surface area contributed by atoms with Gasteiger partial charge in [0, 0.05) is 5.56 Å². The van der Waals surface area contributed by atoms with Crippen LogP contribution in [0.3, 0.4) is 0 Å². The van der Waals surface area contributed by atoms with Crippen LogP contribution < -0.4 is 5.32 Å². The minimum Gasteiger partial charge on any atom is -0.305 e. The zero-order chi connectivity index (χ0) is 13.9. The molecule has 1 aliphatic heterocycles. The van der Waals surface area contributed by atoms with Crippen molar-refractivity contribution in [2.24, 2.45) is 4.99 Å². The molecule has 0 atom stereocenters. The van der Waals surface area contributed by atoms with Crippen molar-refractivity contribution in [3.63, 3.8) is 0 Å². The lowest BCUT2D eigenvalue weighted by molar-refractivity contribution is -0.115. The lowest BCUT2D eigenvalue weighted by atomic mass is 10.2. The number of aliphatic imine (C=N–C) groups is 1. The van der Waals surface area contributed by atoms with Gasteiger partial charge in [0.1, 0.15) is 17.3 Å². The van der Waals surface area contributed by atoms with Crippen LogP contribution in [0, 0.1) is 5.82 Å². The Labute approximate surface area is 115 Å². The predicted octanol–water partition coefficient (Wildman–Crippen LogP) is 2.74. The number of carbonyl (C=O) groups is 1. The topological polar surface area (TPSA) is 41.5 Å². The van der Waals surface area contributed by atoms with E-state index < -0.39 is 0 Å². The Morgan fingerprint density at radius 3 is 2.40 bits per heavy atom. The van der Waals surface area contributed by atoms with Crippen molar-refractivity contribution < 1.29 is 9.18 Å². The predicted molar refractivity (Wildman–Crippen MR) is 75.5 cm³/mol. The Kier molecular flexibility index (Phi) is 3.13. The summed E-state index contributed by atoms with van der Waals surface area (Å²) in [7, 11) is 0. The number of halogens is 1. The molecule has 2 aromatic carbocycles. The number of amidine groups is 1. The number of carbonyl (C=O) groups excluding carboxylic acids is 1. The zero-order valence-electron chi connectivity index (χ0n) is 10.5. The molecule has 98 valence electrons. The third-order valence-electron chi connectivity index (χ3n) is 2.92. The van der Waals surface area contributed by atoms with Crippen LogP contribution in [0.15, 0.2) is 65.3 Å². The van der Waals surface area contributed by atoms with Crippen LogP contribution in [0.5, 0.6) is 0 Å². The summed E-state index contributed by atoms with van der Waals surface area (Å²) in [5, 5.41) is 2.72. The Balaban J connectivity index is 1.92. The molecule has 2 aromatic rings. The van der Waals surface area contributed by atoms with Crippen molar-refractivity contribution in [1.29, 1.82) is 0 Å². The highest BCUT2D eigenvalue weighted by atomic mass is 19.1. The number of hydrogen-bond donors (Lipinski definition) is 1. The summed E-state index contributed by atoms with van der Waals surface area (Å²) >= 11 is 0. The van der Waals surface area contributed by atoms with Crippen LogP contribution in [0.25, 0.3) is 6.08 Å². The van der Waals surface area contributed by atoms with E-state index in [-0.39, 0.29) is 11.7 Å². The van der Waals surface area contributed by atoms with E-state index in [1.54, 1.807) is 18.2 Å². The molecule has 1 amide bonds. The highest BCUT2D eigenvalue weighted by Crippen LogP contribution is 2.15. The maximum absolute atomic E-state index is 12.8. The van der Waals surface area contributed by atoms with E-state index in [0.717, 1.165) is 11.1 Å². The van der Waals surface area contributed by atoms with Gasteiger partial charge in [-0.2, -0.15) is 0 Å². The number of nitrogens with one attached hydrogen (secondary N) is 1. The average Bonchev–Trinajstić information content (AvgIpc) is 2.84. The highest BCUT2D eigenvalue weighted by molar-refractivity contribution is 6.19. The third kappa shape index (κ3) is 2.49. The monoisotopic (exact) mass is 266 g/mol. The number of amides is 1. The first-order chi connectivity index (χ1) is 9.72. The molecule has 0 bridgehead atoms. The molecule has 0 saturated carbocycles. The maximum atomic E-state index is 12.8. The highest BCUT2D eigenvalue weighted by Gasteiger charge is 2.20.